The highest BCUT2D eigenvalue weighted by Gasteiger charge is 2.21. The number of nitrogens with two attached hydrogens (primary N) is 1. The van der Waals surface area contributed by atoms with Gasteiger partial charge in [0.05, 0.1) is 23.2 Å². The van der Waals surface area contributed by atoms with Crippen molar-refractivity contribution in [3.8, 4) is 5.75 Å². The highest BCUT2D eigenvalue weighted by molar-refractivity contribution is 7.80. The second kappa shape index (κ2) is 6.35. The van der Waals surface area contributed by atoms with Crippen molar-refractivity contribution in [1.29, 1.82) is 0 Å². The summed E-state index contributed by atoms with van der Waals surface area (Å²) in [5.41, 5.74) is 6.07. The van der Waals surface area contributed by atoms with Crippen LogP contribution in [0.2, 0.25) is 0 Å². The van der Waals surface area contributed by atoms with Crippen molar-refractivity contribution in [3.63, 3.8) is 0 Å². The molecule has 1 rings (SSSR count). The van der Waals surface area contributed by atoms with E-state index in [-0.39, 0.29) is 11.9 Å². The smallest absolute Gasteiger partial charge is 0.257 e. The minimum absolute atomic E-state index is 0.153. The predicted molar refractivity (Wildman–Crippen MR) is 76.0 cm³/mol. The molecule has 1 atom stereocenters. The van der Waals surface area contributed by atoms with Crippen LogP contribution in [-0.2, 0) is 0 Å². The molecule has 5 heteroatoms. The first-order chi connectivity index (χ1) is 8.49. The Morgan fingerprint density at radius 1 is 1.50 bits per heavy atom. The van der Waals surface area contributed by atoms with Crippen molar-refractivity contribution in [3.05, 3.63) is 29.8 Å². The van der Waals surface area contributed by atoms with Gasteiger partial charge in [0, 0.05) is 7.05 Å². The molecule has 0 spiro atoms. The average Bonchev–Trinajstić information content (AvgIpc) is 2.37. The van der Waals surface area contributed by atoms with Gasteiger partial charge in [-0.25, -0.2) is 0 Å². The van der Waals surface area contributed by atoms with Gasteiger partial charge >= 0.3 is 0 Å². The number of nitrogens with zero attached hydrogens (tertiary/aromatic N) is 1. The molecule has 0 heterocycles. The highest BCUT2D eigenvalue weighted by atomic mass is 32.1. The number of ether oxygens (including phenoxy) is 1. The third-order valence-corrected chi connectivity index (χ3v) is 3.07. The summed E-state index contributed by atoms with van der Waals surface area (Å²) in [6.07, 6.45) is 0. The lowest BCUT2D eigenvalue weighted by atomic mass is 10.1. The number of carbonyl (C=O) groups excluding carboxylic acids is 1. The Balaban J connectivity index is 2.99. The Kier molecular flexibility index (Phi) is 5.09. The van der Waals surface area contributed by atoms with Gasteiger partial charge in [-0.1, -0.05) is 24.4 Å². The molecule has 1 amide bonds. The first-order valence-electron chi connectivity index (χ1n) is 5.77. The first-order valence-corrected chi connectivity index (χ1v) is 6.18. The third kappa shape index (κ3) is 3.20. The largest absolute Gasteiger partial charge is 0.493 e. The van der Waals surface area contributed by atoms with E-state index in [2.05, 4.69) is 0 Å². The molecule has 0 saturated carbocycles. The maximum Gasteiger partial charge on any atom is 0.257 e. The van der Waals surface area contributed by atoms with Gasteiger partial charge in [0.15, 0.2) is 0 Å². The highest BCUT2D eigenvalue weighted by Crippen LogP contribution is 2.20. The molecule has 0 bridgehead atoms. The molecule has 0 aliphatic carbocycles. The van der Waals surface area contributed by atoms with Crippen LogP contribution in [-0.4, -0.2) is 35.5 Å². The number of carbonyl (C=O) groups is 1. The minimum Gasteiger partial charge on any atom is -0.493 e. The molecular weight excluding hydrogens is 248 g/mol. The van der Waals surface area contributed by atoms with E-state index in [0.29, 0.717) is 22.9 Å². The molecule has 98 valence electrons. The SMILES string of the molecule is CCOc1ccccc1C(=O)N(C)C(C)C(N)=S. The second-order valence-electron chi connectivity index (χ2n) is 3.92. The summed E-state index contributed by atoms with van der Waals surface area (Å²) in [5, 5.41) is 0. The van der Waals surface area contributed by atoms with E-state index in [0.717, 1.165) is 0 Å². The van der Waals surface area contributed by atoms with Crippen LogP contribution in [0.1, 0.15) is 24.2 Å². The van der Waals surface area contributed by atoms with Gasteiger partial charge in [0.25, 0.3) is 5.91 Å². The molecular formula is C13H18N2O2S. The van der Waals surface area contributed by atoms with Gasteiger partial charge in [-0.2, -0.15) is 0 Å². The minimum atomic E-state index is -0.290. The first kappa shape index (κ1) is 14.4. The van der Waals surface area contributed by atoms with Crippen LogP contribution in [0.3, 0.4) is 0 Å². The average molecular weight is 266 g/mol. The molecule has 0 fully saturated rings. The van der Waals surface area contributed by atoms with Crippen LogP contribution < -0.4 is 10.5 Å². The van der Waals surface area contributed by atoms with Crippen molar-refractivity contribution in [2.45, 2.75) is 19.9 Å². The molecule has 1 aromatic carbocycles. The van der Waals surface area contributed by atoms with Gasteiger partial charge in [0.2, 0.25) is 0 Å². The predicted octanol–water partition coefficient (Wildman–Crippen LogP) is 1.83. The standard InChI is InChI=1S/C13H18N2O2S/c1-4-17-11-8-6-5-7-10(11)13(16)15(3)9(2)12(14)18/h5-9H,4H2,1-3H3,(H2,14,18). The van der Waals surface area contributed by atoms with Crippen molar-refractivity contribution in [2.24, 2.45) is 5.73 Å². The van der Waals surface area contributed by atoms with E-state index in [1.54, 1.807) is 32.2 Å². The van der Waals surface area contributed by atoms with Crippen LogP contribution >= 0.6 is 12.2 Å². The van der Waals surface area contributed by atoms with E-state index < -0.39 is 0 Å². The Labute approximate surface area is 113 Å². The fourth-order valence-corrected chi connectivity index (χ4v) is 1.64. The van der Waals surface area contributed by atoms with Crippen LogP contribution in [0.4, 0.5) is 0 Å². The lowest BCUT2D eigenvalue weighted by Crippen LogP contribution is -2.42. The summed E-state index contributed by atoms with van der Waals surface area (Å²) in [7, 11) is 1.68. The molecule has 0 saturated heterocycles. The van der Waals surface area contributed by atoms with Gasteiger partial charge in [-0.3, -0.25) is 4.79 Å². The maximum atomic E-state index is 12.3. The lowest BCUT2D eigenvalue weighted by molar-refractivity contribution is 0.0775. The summed E-state index contributed by atoms with van der Waals surface area (Å²) < 4.78 is 5.44. The zero-order valence-corrected chi connectivity index (χ0v) is 11.7. The molecule has 1 unspecified atom stereocenters. The van der Waals surface area contributed by atoms with Gasteiger partial charge in [-0.15, -0.1) is 0 Å². The summed E-state index contributed by atoms with van der Waals surface area (Å²) >= 11 is 4.90. The lowest BCUT2D eigenvalue weighted by Gasteiger charge is -2.24. The van der Waals surface area contributed by atoms with Crippen molar-refractivity contribution >= 4 is 23.1 Å². The second-order valence-corrected chi connectivity index (χ2v) is 4.39. The van der Waals surface area contributed by atoms with Crippen LogP contribution in [0.15, 0.2) is 24.3 Å². The zero-order chi connectivity index (χ0) is 13.7. The number of thiocarbonyl (C=S) groups is 1. The number of hydrogen-bond donors (Lipinski definition) is 1. The summed E-state index contributed by atoms with van der Waals surface area (Å²) in [4.78, 5) is 14.1. The quantitative estimate of drug-likeness (QED) is 0.826. The zero-order valence-electron chi connectivity index (χ0n) is 10.8. The van der Waals surface area contributed by atoms with Crippen LogP contribution in [0.25, 0.3) is 0 Å². The van der Waals surface area contributed by atoms with Crippen molar-refractivity contribution in [1.82, 2.24) is 4.90 Å². The van der Waals surface area contributed by atoms with E-state index in [4.69, 9.17) is 22.7 Å². The summed E-state index contributed by atoms with van der Waals surface area (Å²) in [5.74, 6) is 0.423. The molecule has 0 aliphatic rings. The van der Waals surface area contributed by atoms with Crippen molar-refractivity contribution < 1.29 is 9.53 Å². The number of para-hydroxylation sites is 1. The maximum absolute atomic E-state index is 12.3. The third-order valence-electron chi connectivity index (χ3n) is 2.73. The molecule has 0 radical (unpaired) electrons. The normalized spacial score (nSPS) is 11.7. The Hall–Kier alpha value is -1.62. The monoisotopic (exact) mass is 266 g/mol. The Morgan fingerprint density at radius 3 is 2.67 bits per heavy atom. The molecule has 0 aromatic heterocycles. The van der Waals surface area contributed by atoms with Crippen LogP contribution in [0, 0.1) is 0 Å². The van der Waals surface area contributed by atoms with E-state index in [1.807, 2.05) is 13.0 Å². The van der Waals surface area contributed by atoms with E-state index in [9.17, 15) is 4.79 Å². The van der Waals surface area contributed by atoms with Gasteiger partial charge in [-0.05, 0) is 26.0 Å². The molecule has 18 heavy (non-hydrogen) atoms. The molecule has 1 aromatic rings. The van der Waals surface area contributed by atoms with Crippen LogP contribution in [0.5, 0.6) is 5.75 Å². The van der Waals surface area contributed by atoms with Gasteiger partial charge < -0.3 is 15.4 Å². The van der Waals surface area contributed by atoms with E-state index in [1.165, 1.54) is 4.90 Å². The number of benzene rings is 1. The topological polar surface area (TPSA) is 55.6 Å². The number of likely N-dealkylation sites (N-methyl/N-ethyl adjacent to an activating group) is 1. The molecule has 2 N–H and O–H groups in total. The van der Waals surface area contributed by atoms with Crippen molar-refractivity contribution in [2.75, 3.05) is 13.7 Å². The van der Waals surface area contributed by atoms with Gasteiger partial charge in [0.1, 0.15) is 5.75 Å². The Bertz CT molecular complexity index is 448. The Morgan fingerprint density at radius 2 is 2.11 bits per heavy atom. The summed E-state index contributed by atoms with van der Waals surface area (Å²) in [6, 6.07) is 6.85. The number of rotatable bonds is 5. The molecule has 0 aliphatic heterocycles. The summed E-state index contributed by atoms with van der Waals surface area (Å²) in [6.45, 7) is 4.19. The fraction of sp³-hybridized carbons (Fsp3) is 0.385. The molecule has 4 nitrogen and oxygen atoms in total. The number of hydrogen-bond acceptors (Lipinski definition) is 3. The fourth-order valence-electron chi connectivity index (χ4n) is 1.48. The number of amides is 1. The van der Waals surface area contributed by atoms with E-state index >= 15 is 0 Å².